The van der Waals surface area contributed by atoms with Crippen molar-refractivity contribution in [3.05, 3.63) is 29.3 Å². The van der Waals surface area contributed by atoms with Gasteiger partial charge in [-0.3, -0.25) is 4.79 Å². The first kappa shape index (κ1) is 13.4. The molecule has 1 aromatic carbocycles. The Hall–Kier alpha value is -1.69. The molecule has 0 radical (unpaired) electrons. The molecule has 0 aliphatic carbocycles. The number of carbonyl (C=O) groups excluding carboxylic acids is 1. The first-order valence-electron chi connectivity index (χ1n) is 4.90. The molecule has 0 aromatic heterocycles. The SMILES string of the molecule is CNCC(=O)OCc1cc(F)c(OC)cc1F. The molecule has 1 aromatic rings. The molecule has 0 unspecified atom stereocenters. The smallest absolute Gasteiger partial charge is 0.320 e. The van der Waals surface area contributed by atoms with Crippen LogP contribution in [0.15, 0.2) is 12.1 Å². The van der Waals surface area contributed by atoms with Crippen molar-refractivity contribution in [3.8, 4) is 5.75 Å². The van der Waals surface area contributed by atoms with E-state index in [4.69, 9.17) is 4.74 Å². The molecular weight excluding hydrogens is 232 g/mol. The summed E-state index contributed by atoms with van der Waals surface area (Å²) in [6.45, 7) is -0.298. The second-order valence-corrected chi connectivity index (χ2v) is 3.27. The number of hydrogen-bond donors (Lipinski definition) is 1. The Morgan fingerprint density at radius 1 is 1.35 bits per heavy atom. The third-order valence-corrected chi connectivity index (χ3v) is 2.03. The van der Waals surface area contributed by atoms with Gasteiger partial charge in [0.2, 0.25) is 0 Å². The number of carbonyl (C=O) groups is 1. The summed E-state index contributed by atoms with van der Waals surface area (Å²) in [6, 6.07) is 1.86. The molecule has 94 valence electrons. The van der Waals surface area contributed by atoms with E-state index < -0.39 is 17.6 Å². The fourth-order valence-electron chi connectivity index (χ4n) is 1.19. The Bertz CT molecular complexity index is 410. The van der Waals surface area contributed by atoms with Crippen LogP contribution in [0, 0.1) is 11.6 Å². The van der Waals surface area contributed by atoms with Crippen LogP contribution in [-0.2, 0) is 16.1 Å². The summed E-state index contributed by atoms with van der Waals surface area (Å²) >= 11 is 0. The summed E-state index contributed by atoms with van der Waals surface area (Å²) in [5, 5.41) is 2.59. The Morgan fingerprint density at radius 2 is 2.06 bits per heavy atom. The lowest BCUT2D eigenvalue weighted by Gasteiger charge is -2.08. The van der Waals surface area contributed by atoms with E-state index in [1.54, 1.807) is 7.05 Å². The average Bonchev–Trinajstić information content (AvgIpc) is 2.30. The van der Waals surface area contributed by atoms with Crippen LogP contribution in [0.2, 0.25) is 0 Å². The second-order valence-electron chi connectivity index (χ2n) is 3.27. The highest BCUT2D eigenvalue weighted by Crippen LogP contribution is 2.21. The number of hydrogen-bond acceptors (Lipinski definition) is 4. The van der Waals surface area contributed by atoms with E-state index in [0.717, 1.165) is 12.1 Å². The zero-order chi connectivity index (χ0) is 12.8. The Labute approximate surface area is 97.5 Å². The molecular formula is C11H13F2NO3. The van der Waals surface area contributed by atoms with Gasteiger partial charge in [-0.1, -0.05) is 0 Å². The van der Waals surface area contributed by atoms with Crippen LogP contribution in [0.3, 0.4) is 0 Å². The predicted molar refractivity (Wildman–Crippen MR) is 56.6 cm³/mol. The number of rotatable bonds is 5. The minimum absolute atomic E-state index is 0.0141. The molecule has 1 N–H and O–H groups in total. The van der Waals surface area contributed by atoms with Gasteiger partial charge in [0.05, 0.1) is 13.7 Å². The average molecular weight is 245 g/mol. The molecule has 0 fully saturated rings. The number of ether oxygens (including phenoxy) is 2. The van der Waals surface area contributed by atoms with Crippen LogP contribution >= 0.6 is 0 Å². The van der Waals surface area contributed by atoms with Gasteiger partial charge < -0.3 is 14.8 Å². The van der Waals surface area contributed by atoms with Crippen molar-refractivity contribution in [2.45, 2.75) is 6.61 Å². The van der Waals surface area contributed by atoms with Crippen LogP contribution in [-0.4, -0.2) is 26.7 Å². The van der Waals surface area contributed by atoms with Gasteiger partial charge in [-0.2, -0.15) is 0 Å². The molecule has 0 spiro atoms. The van der Waals surface area contributed by atoms with Crippen LogP contribution in [0.25, 0.3) is 0 Å². The predicted octanol–water partition coefficient (Wildman–Crippen LogP) is 1.24. The van der Waals surface area contributed by atoms with Crippen molar-refractivity contribution in [1.82, 2.24) is 5.32 Å². The van der Waals surface area contributed by atoms with E-state index in [1.165, 1.54) is 7.11 Å². The highest BCUT2D eigenvalue weighted by molar-refractivity contribution is 5.71. The number of halogens is 2. The van der Waals surface area contributed by atoms with E-state index in [2.05, 4.69) is 10.1 Å². The number of methoxy groups -OCH3 is 1. The Morgan fingerprint density at radius 3 is 2.65 bits per heavy atom. The molecule has 0 heterocycles. The van der Waals surface area contributed by atoms with E-state index in [9.17, 15) is 13.6 Å². The summed E-state index contributed by atoms with van der Waals surface area (Å²) in [4.78, 5) is 11.0. The summed E-state index contributed by atoms with van der Waals surface area (Å²) in [7, 11) is 2.82. The second kappa shape index (κ2) is 6.15. The maximum Gasteiger partial charge on any atom is 0.320 e. The molecule has 1 rings (SSSR count). The summed E-state index contributed by atoms with van der Waals surface area (Å²) in [5.74, 6) is -2.11. The van der Waals surface area contributed by atoms with Crippen LogP contribution < -0.4 is 10.1 Å². The molecule has 0 saturated carbocycles. The van der Waals surface area contributed by atoms with Gasteiger partial charge in [-0.25, -0.2) is 8.78 Å². The summed E-state index contributed by atoms with van der Waals surface area (Å²) in [6.07, 6.45) is 0. The first-order valence-corrected chi connectivity index (χ1v) is 4.90. The normalized spacial score (nSPS) is 10.1. The van der Waals surface area contributed by atoms with E-state index in [1.807, 2.05) is 0 Å². The lowest BCUT2D eigenvalue weighted by Crippen LogP contribution is -2.20. The number of benzene rings is 1. The van der Waals surface area contributed by atoms with Gasteiger partial charge in [-0.15, -0.1) is 0 Å². The van der Waals surface area contributed by atoms with Crippen molar-refractivity contribution < 1.29 is 23.0 Å². The van der Waals surface area contributed by atoms with Crippen molar-refractivity contribution in [3.63, 3.8) is 0 Å². The van der Waals surface area contributed by atoms with Gasteiger partial charge in [0.15, 0.2) is 11.6 Å². The highest BCUT2D eigenvalue weighted by atomic mass is 19.1. The summed E-state index contributed by atoms with van der Waals surface area (Å²) < 4.78 is 36.0. The molecule has 0 saturated heterocycles. The molecule has 0 bridgehead atoms. The largest absolute Gasteiger partial charge is 0.494 e. The molecule has 0 amide bonds. The maximum atomic E-state index is 13.4. The summed E-state index contributed by atoms with van der Waals surface area (Å²) in [5.41, 5.74) is -0.0345. The zero-order valence-corrected chi connectivity index (χ0v) is 9.55. The fraction of sp³-hybridized carbons (Fsp3) is 0.364. The monoisotopic (exact) mass is 245 g/mol. The fourth-order valence-corrected chi connectivity index (χ4v) is 1.19. The van der Waals surface area contributed by atoms with Gasteiger partial charge >= 0.3 is 5.97 Å². The topological polar surface area (TPSA) is 47.6 Å². The van der Waals surface area contributed by atoms with Crippen molar-refractivity contribution >= 4 is 5.97 Å². The van der Waals surface area contributed by atoms with Crippen molar-refractivity contribution in [1.29, 1.82) is 0 Å². The van der Waals surface area contributed by atoms with Gasteiger partial charge in [0.25, 0.3) is 0 Å². The van der Waals surface area contributed by atoms with Gasteiger partial charge in [-0.05, 0) is 13.1 Å². The van der Waals surface area contributed by atoms with Crippen LogP contribution in [0.1, 0.15) is 5.56 Å². The molecule has 6 heteroatoms. The molecule has 4 nitrogen and oxygen atoms in total. The standard InChI is InChI=1S/C11H13F2NO3/c1-14-5-11(15)17-6-7-3-9(13)10(16-2)4-8(7)12/h3-4,14H,5-6H2,1-2H3. The van der Waals surface area contributed by atoms with Gasteiger partial charge in [0.1, 0.15) is 12.4 Å². The molecule has 17 heavy (non-hydrogen) atoms. The van der Waals surface area contributed by atoms with Crippen LogP contribution in [0.5, 0.6) is 5.75 Å². The highest BCUT2D eigenvalue weighted by Gasteiger charge is 2.11. The Balaban J connectivity index is 2.72. The lowest BCUT2D eigenvalue weighted by molar-refractivity contribution is -0.143. The van der Waals surface area contributed by atoms with Crippen LogP contribution in [0.4, 0.5) is 8.78 Å². The quantitative estimate of drug-likeness (QED) is 0.793. The van der Waals surface area contributed by atoms with E-state index in [0.29, 0.717) is 0 Å². The van der Waals surface area contributed by atoms with E-state index in [-0.39, 0.29) is 24.5 Å². The van der Waals surface area contributed by atoms with Crippen molar-refractivity contribution in [2.24, 2.45) is 0 Å². The molecule has 0 aliphatic rings. The van der Waals surface area contributed by atoms with Crippen molar-refractivity contribution in [2.75, 3.05) is 20.7 Å². The third kappa shape index (κ3) is 3.67. The minimum atomic E-state index is -0.700. The number of nitrogens with one attached hydrogen (secondary N) is 1. The number of esters is 1. The maximum absolute atomic E-state index is 13.4. The van der Waals surface area contributed by atoms with Gasteiger partial charge in [0, 0.05) is 11.6 Å². The van der Waals surface area contributed by atoms with E-state index >= 15 is 0 Å². The Kier molecular flexibility index (Phi) is 4.84. The minimum Gasteiger partial charge on any atom is -0.494 e. The molecule has 0 atom stereocenters. The third-order valence-electron chi connectivity index (χ3n) is 2.03. The molecule has 0 aliphatic heterocycles. The lowest BCUT2D eigenvalue weighted by atomic mass is 10.2. The number of likely N-dealkylation sites (N-methyl/N-ethyl adjacent to an activating group) is 1. The first-order chi connectivity index (χ1) is 8.08. The zero-order valence-electron chi connectivity index (χ0n) is 9.55.